The van der Waals surface area contributed by atoms with Gasteiger partial charge >= 0.3 is 6.01 Å². The van der Waals surface area contributed by atoms with Gasteiger partial charge in [0.1, 0.15) is 11.0 Å². The van der Waals surface area contributed by atoms with Crippen molar-refractivity contribution in [2.45, 2.75) is 58.2 Å². The van der Waals surface area contributed by atoms with E-state index in [-0.39, 0.29) is 57.5 Å². The van der Waals surface area contributed by atoms with Crippen molar-refractivity contribution in [2.24, 2.45) is 0 Å². The van der Waals surface area contributed by atoms with E-state index in [1.807, 2.05) is 18.7 Å². The Kier molecular flexibility index (Phi) is 8.66. The summed E-state index contributed by atoms with van der Waals surface area (Å²) in [5.41, 5.74) is 12.9. The lowest BCUT2D eigenvalue weighted by Crippen LogP contribution is -2.58. The van der Waals surface area contributed by atoms with Crippen LogP contribution < -0.4 is 21.7 Å². The lowest BCUT2D eigenvalue weighted by molar-refractivity contribution is 0.0491. The molecule has 0 aliphatic carbocycles. The third-order valence-electron chi connectivity index (χ3n) is 7.54. The maximum atomic E-state index is 13.0. The molecule has 1 atom stereocenters. The van der Waals surface area contributed by atoms with Gasteiger partial charge < -0.3 is 31.0 Å². The summed E-state index contributed by atoms with van der Waals surface area (Å²) in [5.74, 6) is 0.924. The van der Waals surface area contributed by atoms with Crippen LogP contribution in [0.1, 0.15) is 50.4 Å². The first-order chi connectivity index (χ1) is 19.6. The number of aromatic nitrogens is 5. The topological polar surface area (TPSA) is 168 Å². The monoisotopic (exact) mass is 603 g/mol. The molecule has 3 aromatic heterocycles. The third-order valence-corrected chi connectivity index (χ3v) is 8.01. The standard InChI is InChI=1S/C26H35Cl2N11O2/c1-4-15-13-38(23-20(28)33-19(22(30)34-23)24-35-36-26(41-24)31-14(2)3)11-12-39(15)16-7-9-37(10-8-16)25(40)17-5-6-18(27)32-21(17)29/h5-6,14-16H,4,7-13H2,1-3H3,(H2,29,32)(H2,30,34)(H,31,36)/t15-/m0/s1. The predicted octanol–water partition coefficient (Wildman–Crippen LogP) is 3.42. The first-order valence-electron chi connectivity index (χ1n) is 13.8. The number of nitrogens with two attached hydrogens (primary N) is 2. The molecule has 2 aliphatic heterocycles. The van der Waals surface area contributed by atoms with E-state index in [9.17, 15) is 4.79 Å². The number of piperazine rings is 1. The number of anilines is 4. The van der Waals surface area contributed by atoms with Gasteiger partial charge in [-0.3, -0.25) is 9.69 Å². The average Bonchev–Trinajstić information content (AvgIpc) is 3.41. The van der Waals surface area contributed by atoms with E-state index in [2.05, 4.69) is 47.2 Å². The summed E-state index contributed by atoms with van der Waals surface area (Å²) >= 11 is 12.5. The van der Waals surface area contributed by atoms with Gasteiger partial charge in [0.2, 0.25) is 0 Å². The zero-order chi connectivity index (χ0) is 29.3. The number of nitrogens with one attached hydrogen (secondary N) is 1. The van der Waals surface area contributed by atoms with E-state index in [1.54, 1.807) is 12.1 Å². The summed E-state index contributed by atoms with van der Waals surface area (Å²) in [5, 5.41) is 11.6. The molecule has 0 bridgehead atoms. The average molecular weight is 605 g/mol. The molecule has 0 radical (unpaired) electrons. The van der Waals surface area contributed by atoms with Gasteiger partial charge in [-0.1, -0.05) is 35.2 Å². The fraction of sp³-hybridized carbons (Fsp3) is 0.538. The number of nitrogens with zero attached hydrogens (tertiary/aromatic N) is 8. The minimum atomic E-state index is -0.107. The number of hydrogen-bond donors (Lipinski definition) is 3. The van der Waals surface area contributed by atoms with Crippen LogP contribution in [0.3, 0.4) is 0 Å². The normalized spacial score (nSPS) is 18.7. The molecule has 220 valence electrons. The van der Waals surface area contributed by atoms with Gasteiger partial charge in [-0.2, -0.15) is 0 Å². The first-order valence-corrected chi connectivity index (χ1v) is 14.6. The van der Waals surface area contributed by atoms with Crippen molar-refractivity contribution in [1.29, 1.82) is 0 Å². The van der Waals surface area contributed by atoms with Crippen molar-refractivity contribution in [1.82, 2.24) is 34.9 Å². The molecule has 41 heavy (non-hydrogen) atoms. The van der Waals surface area contributed by atoms with Crippen molar-refractivity contribution in [3.05, 3.63) is 28.0 Å². The van der Waals surface area contributed by atoms with Crippen LogP contribution in [0.2, 0.25) is 10.3 Å². The Morgan fingerprint density at radius 2 is 1.83 bits per heavy atom. The van der Waals surface area contributed by atoms with Crippen LogP contribution in [0.25, 0.3) is 11.6 Å². The fourth-order valence-corrected chi connectivity index (χ4v) is 5.91. The Hall–Kier alpha value is -3.42. The second kappa shape index (κ2) is 12.2. The number of hydrogen-bond acceptors (Lipinski definition) is 12. The molecule has 2 fully saturated rings. The van der Waals surface area contributed by atoms with Gasteiger partial charge in [-0.25, -0.2) is 15.0 Å². The molecule has 2 aliphatic rings. The lowest BCUT2D eigenvalue weighted by atomic mass is 9.97. The van der Waals surface area contributed by atoms with E-state index in [1.165, 1.54) is 0 Å². The summed E-state index contributed by atoms with van der Waals surface area (Å²) in [6, 6.07) is 4.29. The quantitative estimate of drug-likeness (QED) is 0.337. The maximum Gasteiger partial charge on any atom is 0.316 e. The minimum absolute atomic E-state index is 0.107. The fourth-order valence-electron chi connectivity index (χ4n) is 5.51. The highest BCUT2D eigenvalue weighted by Crippen LogP contribution is 2.33. The number of nitrogen functional groups attached to an aromatic ring is 2. The SMILES string of the molecule is CC[C@H]1CN(c2nc(N)c(-c3nnc(NC(C)C)o3)nc2Cl)CCN1C1CCN(C(=O)c2ccc(Cl)nc2N)CC1. The highest BCUT2D eigenvalue weighted by molar-refractivity contribution is 6.32. The van der Waals surface area contributed by atoms with Crippen molar-refractivity contribution in [2.75, 3.05) is 54.4 Å². The van der Waals surface area contributed by atoms with Gasteiger partial charge in [-0.15, -0.1) is 5.10 Å². The van der Waals surface area contributed by atoms with E-state index >= 15 is 0 Å². The Morgan fingerprint density at radius 3 is 2.51 bits per heavy atom. The smallest absolute Gasteiger partial charge is 0.316 e. The highest BCUT2D eigenvalue weighted by atomic mass is 35.5. The van der Waals surface area contributed by atoms with Crippen molar-refractivity contribution in [3.63, 3.8) is 0 Å². The van der Waals surface area contributed by atoms with Gasteiger partial charge in [0, 0.05) is 50.8 Å². The Morgan fingerprint density at radius 1 is 1.07 bits per heavy atom. The van der Waals surface area contributed by atoms with Crippen LogP contribution in [0, 0.1) is 0 Å². The number of carbonyl (C=O) groups is 1. The Bertz CT molecular complexity index is 1390. The molecular weight excluding hydrogens is 569 g/mol. The highest BCUT2D eigenvalue weighted by Gasteiger charge is 2.35. The van der Waals surface area contributed by atoms with E-state index in [4.69, 9.17) is 39.1 Å². The van der Waals surface area contributed by atoms with Crippen LogP contribution in [0.4, 0.5) is 23.5 Å². The molecule has 0 spiro atoms. The van der Waals surface area contributed by atoms with Crippen LogP contribution >= 0.6 is 23.2 Å². The predicted molar refractivity (Wildman–Crippen MR) is 159 cm³/mol. The zero-order valence-corrected chi connectivity index (χ0v) is 24.9. The molecule has 5 heterocycles. The molecular formula is C26H35Cl2N11O2. The molecule has 13 nitrogen and oxygen atoms in total. The number of amides is 1. The summed E-state index contributed by atoms with van der Waals surface area (Å²) < 4.78 is 5.64. The second-order valence-electron chi connectivity index (χ2n) is 10.6. The molecule has 0 unspecified atom stereocenters. The molecule has 0 aromatic carbocycles. The van der Waals surface area contributed by atoms with Crippen molar-refractivity contribution in [3.8, 4) is 11.6 Å². The number of piperidine rings is 1. The molecule has 5 rings (SSSR count). The molecule has 0 saturated carbocycles. The number of rotatable bonds is 7. The third kappa shape index (κ3) is 6.26. The first kappa shape index (κ1) is 29.1. The molecule has 5 N–H and O–H groups in total. The van der Waals surface area contributed by atoms with E-state index in [0.29, 0.717) is 30.5 Å². The number of carbonyl (C=O) groups excluding carboxylic acids is 1. The molecule has 15 heteroatoms. The second-order valence-corrected chi connectivity index (χ2v) is 11.4. The van der Waals surface area contributed by atoms with Crippen molar-refractivity contribution < 1.29 is 9.21 Å². The summed E-state index contributed by atoms with van der Waals surface area (Å²) in [7, 11) is 0. The Labute approximate surface area is 248 Å². The largest absolute Gasteiger partial charge is 0.402 e. The summed E-state index contributed by atoms with van der Waals surface area (Å²) in [6.45, 7) is 9.71. The number of halogens is 2. The van der Waals surface area contributed by atoms with Gasteiger partial charge in [0.15, 0.2) is 22.5 Å². The molecule has 2 saturated heterocycles. The zero-order valence-electron chi connectivity index (χ0n) is 23.3. The molecule has 1 amide bonds. The Balaban J connectivity index is 1.22. The van der Waals surface area contributed by atoms with E-state index in [0.717, 1.165) is 38.9 Å². The van der Waals surface area contributed by atoms with Crippen LogP contribution in [-0.2, 0) is 0 Å². The lowest BCUT2D eigenvalue weighted by Gasteiger charge is -2.47. The minimum Gasteiger partial charge on any atom is -0.402 e. The molecule has 3 aromatic rings. The van der Waals surface area contributed by atoms with Crippen LogP contribution in [0.5, 0.6) is 0 Å². The van der Waals surface area contributed by atoms with Crippen LogP contribution in [-0.4, -0.2) is 91.7 Å². The number of pyridine rings is 1. The van der Waals surface area contributed by atoms with Crippen LogP contribution in [0.15, 0.2) is 16.5 Å². The van der Waals surface area contributed by atoms with Gasteiger partial charge in [0.05, 0.1) is 5.56 Å². The van der Waals surface area contributed by atoms with Gasteiger partial charge in [0.25, 0.3) is 11.8 Å². The maximum absolute atomic E-state index is 13.0. The van der Waals surface area contributed by atoms with E-state index < -0.39 is 0 Å². The summed E-state index contributed by atoms with van der Waals surface area (Å²) in [6.07, 6.45) is 2.71. The van der Waals surface area contributed by atoms with Crippen molar-refractivity contribution >= 4 is 52.6 Å². The summed E-state index contributed by atoms with van der Waals surface area (Å²) in [4.78, 5) is 32.7. The number of likely N-dealkylation sites (tertiary alicyclic amines) is 1. The van der Waals surface area contributed by atoms with Gasteiger partial charge in [-0.05, 0) is 45.2 Å².